The number of amidine groups is 1. The van der Waals surface area contributed by atoms with Gasteiger partial charge in [0.05, 0.1) is 23.5 Å². The van der Waals surface area contributed by atoms with Crippen LogP contribution in [0.3, 0.4) is 0 Å². The Hall–Kier alpha value is -2.91. The minimum absolute atomic E-state index is 0.0522. The summed E-state index contributed by atoms with van der Waals surface area (Å²) in [6.07, 6.45) is 16.6. The van der Waals surface area contributed by atoms with Crippen molar-refractivity contribution >= 4 is 22.8 Å². The Morgan fingerprint density at radius 2 is 1.68 bits per heavy atom. The number of aliphatic imine (C=N–C) groups is 1. The molecule has 1 aliphatic carbocycles. The van der Waals surface area contributed by atoms with Gasteiger partial charge < -0.3 is 19.3 Å². The first-order valence-corrected chi connectivity index (χ1v) is 14.8. The molecule has 2 aromatic rings. The van der Waals surface area contributed by atoms with Crippen LogP contribution in [0.5, 0.6) is 0 Å². The molecule has 9 nitrogen and oxygen atoms in total. The van der Waals surface area contributed by atoms with Gasteiger partial charge in [0.25, 0.3) is 0 Å². The number of likely N-dealkylation sites (N-methyl/N-ethyl adjacent to an activating group) is 1. The lowest BCUT2D eigenvalue weighted by atomic mass is 9.80. The van der Waals surface area contributed by atoms with E-state index in [1.807, 2.05) is 6.20 Å². The molecule has 3 N–H and O–H groups in total. The van der Waals surface area contributed by atoms with Gasteiger partial charge in [-0.05, 0) is 51.3 Å². The van der Waals surface area contributed by atoms with E-state index in [4.69, 9.17) is 15.0 Å². The molecule has 9 heteroatoms. The summed E-state index contributed by atoms with van der Waals surface area (Å²) >= 11 is 0. The number of fused-ring (bicyclic) bond motifs is 4. The second-order valence-corrected chi connectivity index (χ2v) is 11.9. The van der Waals surface area contributed by atoms with E-state index in [9.17, 15) is 0 Å². The third-order valence-corrected chi connectivity index (χ3v) is 9.36. The van der Waals surface area contributed by atoms with Crippen molar-refractivity contribution in [2.24, 2.45) is 4.99 Å². The molecule has 0 amide bonds. The van der Waals surface area contributed by atoms with Crippen LogP contribution >= 0.6 is 0 Å². The minimum atomic E-state index is 0.0522. The second kappa shape index (κ2) is 10.0. The smallest absolute Gasteiger partial charge is 0.233 e. The molecule has 38 heavy (non-hydrogen) atoms. The van der Waals surface area contributed by atoms with Gasteiger partial charge in [-0.3, -0.25) is 15.6 Å². The predicted octanol–water partition coefficient (Wildman–Crippen LogP) is 2.30. The van der Waals surface area contributed by atoms with Crippen molar-refractivity contribution in [1.29, 1.82) is 0 Å². The number of anilines is 1. The number of piperidine rings is 1. The standard InChI is InChI=1S/C29H41N9/c1-35-14-16-36(17-15-35)23-8-9-25(30-20-23)33-28-31-19-22-18-24-27(37-12-6-3-7-13-37)32-21-29(10-4-2-5-11-29)38(24)26(22)34-28/h8-9,18-19,30H,2-7,10-17,20-21H2,1H3,(H,31,33,34)/p+1. The Balaban J connectivity index is 1.19. The lowest BCUT2D eigenvalue weighted by molar-refractivity contribution is -0.599. The molecule has 2 aromatic heterocycles. The normalized spacial score (nSPS) is 24.2. The van der Waals surface area contributed by atoms with Crippen molar-refractivity contribution < 1.29 is 5.32 Å². The third kappa shape index (κ3) is 4.39. The van der Waals surface area contributed by atoms with Crippen molar-refractivity contribution in [3.05, 3.63) is 41.6 Å². The predicted molar refractivity (Wildman–Crippen MR) is 151 cm³/mol. The highest BCUT2D eigenvalue weighted by Crippen LogP contribution is 2.42. The molecule has 0 bridgehead atoms. The van der Waals surface area contributed by atoms with Gasteiger partial charge in [0.2, 0.25) is 11.8 Å². The number of allylic oxidation sites excluding steroid dienone is 2. The van der Waals surface area contributed by atoms with Gasteiger partial charge in [0.1, 0.15) is 18.0 Å². The van der Waals surface area contributed by atoms with Gasteiger partial charge in [-0.25, -0.2) is 4.98 Å². The SMILES string of the molecule is CN1CCN(C2=CC=C(Nc3ncc4cc5n(c4n3)C3(CCCCC3)CN=C5N3CCCCC3)[NH2+]C2)CC1. The summed E-state index contributed by atoms with van der Waals surface area (Å²) < 4.78 is 2.58. The summed E-state index contributed by atoms with van der Waals surface area (Å²) in [5, 5.41) is 6.93. The minimum Gasteiger partial charge on any atom is -0.368 e. The van der Waals surface area contributed by atoms with E-state index >= 15 is 0 Å². The molecule has 0 atom stereocenters. The molecule has 0 unspecified atom stereocenters. The van der Waals surface area contributed by atoms with Crippen LogP contribution in [-0.2, 0) is 5.54 Å². The van der Waals surface area contributed by atoms with E-state index in [0.717, 1.165) is 69.2 Å². The molecular weight excluding hydrogens is 474 g/mol. The fourth-order valence-electron chi connectivity index (χ4n) is 7.11. The van der Waals surface area contributed by atoms with Crippen LogP contribution in [0, 0.1) is 0 Å². The van der Waals surface area contributed by atoms with E-state index in [-0.39, 0.29) is 5.54 Å². The van der Waals surface area contributed by atoms with Crippen LogP contribution in [0.15, 0.2) is 40.9 Å². The Kier molecular flexibility index (Phi) is 6.36. The second-order valence-electron chi connectivity index (χ2n) is 11.9. The lowest BCUT2D eigenvalue weighted by Gasteiger charge is -2.43. The molecule has 6 heterocycles. The van der Waals surface area contributed by atoms with Crippen molar-refractivity contribution in [2.75, 3.05) is 64.7 Å². The van der Waals surface area contributed by atoms with Gasteiger partial charge in [-0.15, -0.1) is 0 Å². The average molecular weight is 517 g/mol. The Morgan fingerprint density at radius 3 is 2.45 bits per heavy atom. The van der Waals surface area contributed by atoms with Crippen molar-refractivity contribution in [2.45, 2.75) is 56.9 Å². The maximum Gasteiger partial charge on any atom is 0.233 e. The van der Waals surface area contributed by atoms with Crippen LogP contribution < -0.4 is 10.6 Å². The van der Waals surface area contributed by atoms with Crippen LogP contribution in [0.1, 0.15) is 57.1 Å². The molecule has 0 radical (unpaired) electrons. The van der Waals surface area contributed by atoms with Crippen molar-refractivity contribution in [3.8, 4) is 0 Å². The zero-order chi connectivity index (χ0) is 25.5. The Bertz CT molecular complexity index is 1270. The molecule has 7 rings (SSSR count). The summed E-state index contributed by atoms with van der Waals surface area (Å²) in [5.41, 5.74) is 3.78. The monoisotopic (exact) mass is 516 g/mol. The quantitative estimate of drug-likeness (QED) is 0.652. The molecular formula is C29H42N9+. The summed E-state index contributed by atoms with van der Waals surface area (Å²) in [4.78, 5) is 22.6. The largest absolute Gasteiger partial charge is 0.368 e. The zero-order valence-corrected chi connectivity index (χ0v) is 22.8. The number of nitrogens with two attached hydrogens (primary N) is 1. The van der Waals surface area contributed by atoms with Crippen LogP contribution in [0.2, 0.25) is 0 Å². The first kappa shape index (κ1) is 24.2. The molecule has 4 aliphatic heterocycles. The molecule has 0 aromatic carbocycles. The highest BCUT2D eigenvalue weighted by atomic mass is 15.3. The van der Waals surface area contributed by atoms with Gasteiger partial charge in [-0.1, -0.05) is 19.3 Å². The topological polar surface area (TPSA) is 81.4 Å². The van der Waals surface area contributed by atoms with Crippen molar-refractivity contribution in [3.63, 3.8) is 0 Å². The summed E-state index contributed by atoms with van der Waals surface area (Å²) in [7, 11) is 2.21. The van der Waals surface area contributed by atoms with Crippen molar-refractivity contribution in [1.82, 2.24) is 29.2 Å². The molecule has 5 aliphatic rings. The number of quaternary nitrogens is 1. The Morgan fingerprint density at radius 1 is 0.895 bits per heavy atom. The third-order valence-electron chi connectivity index (χ3n) is 9.36. The van der Waals surface area contributed by atoms with Crippen LogP contribution in [-0.4, -0.2) is 94.5 Å². The van der Waals surface area contributed by atoms with E-state index in [0.29, 0.717) is 5.95 Å². The van der Waals surface area contributed by atoms with E-state index in [1.54, 1.807) is 0 Å². The fraction of sp³-hybridized carbons (Fsp3) is 0.621. The maximum absolute atomic E-state index is 5.26. The van der Waals surface area contributed by atoms with Crippen LogP contribution in [0.4, 0.5) is 5.95 Å². The van der Waals surface area contributed by atoms with E-state index < -0.39 is 0 Å². The first-order chi connectivity index (χ1) is 18.7. The van der Waals surface area contributed by atoms with Gasteiger partial charge >= 0.3 is 0 Å². The summed E-state index contributed by atoms with van der Waals surface area (Å²) in [5.74, 6) is 2.94. The fourth-order valence-corrected chi connectivity index (χ4v) is 7.11. The molecule has 202 valence electrons. The highest BCUT2D eigenvalue weighted by molar-refractivity contribution is 6.02. The number of piperazine rings is 1. The lowest BCUT2D eigenvalue weighted by Crippen LogP contribution is -2.85. The number of hydrogen-bond acceptors (Lipinski definition) is 7. The number of likely N-dealkylation sites (tertiary alicyclic amines) is 1. The first-order valence-electron chi connectivity index (χ1n) is 14.8. The number of hydrogen-bond donors (Lipinski definition) is 2. The number of aromatic nitrogens is 3. The molecule has 3 fully saturated rings. The summed E-state index contributed by atoms with van der Waals surface area (Å²) in [6.45, 7) is 8.53. The number of rotatable bonds is 3. The van der Waals surface area contributed by atoms with E-state index in [1.165, 1.54) is 68.6 Å². The number of nitrogens with one attached hydrogen (secondary N) is 1. The average Bonchev–Trinajstić information content (AvgIpc) is 3.35. The molecule has 2 saturated heterocycles. The van der Waals surface area contributed by atoms with Gasteiger partial charge in [0, 0.05) is 56.9 Å². The van der Waals surface area contributed by atoms with E-state index in [2.05, 4.69) is 55.2 Å². The van der Waals surface area contributed by atoms with Gasteiger partial charge in [0.15, 0.2) is 0 Å². The Labute approximate surface area is 225 Å². The zero-order valence-electron chi connectivity index (χ0n) is 22.8. The van der Waals surface area contributed by atoms with Gasteiger partial charge in [-0.2, -0.15) is 4.98 Å². The molecule has 1 saturated carbocycles. The maximum atomic E-state index is 5.26. The summed E-state index contributed by atoms with van der Waals surface area (Å²) in [6, 6.07) is 2.30. The number of nitrogens with zero attached hydrogens (tertiary/aromatic N) is 7. The molecule has 1 spiro atoms. The van der Waals surface area contributed by atoms with Crippen LogP contribution in [0.25, 0.3) is 11.0 Å². The highest BCUT2D eigenvalue weighted by Gasteiger charge is 2.41.